The van der Waals surface area contributed by atoms with E-state index in [2.05, 4.69) is 15.2 Å². The molecular formula is C23H21Cl2F3N6O3. The molecule has 0 aliphatic rings. The van der Waals surface area contributed by atoms with Crippen molar-refractivity contribution in [1.29, 1.82) is 0 Å². The zero-order valence-corrected chi connectivity index (χ0v) is 21.0. The molecule has 37 heavy (non-hydrogen) atoms. The van der Waals surface area contributed by atoms with E-state index in [-0.39, 0.29) is 24.0 Å². The number of benzene rings is 2. The van der Waals surface area contributed by atoms with Crippen LogP contribution in [0.5, 0.6) is 0 Å². The van der Waals surface area contributed by atoms with Gasteiger partial charge in [-0.3, -0.25) is 4.57 Å². The summed E-state index contributed by atoms with van der Waals surface area (Å²) >= 11 is 12.2. The van der Waals surface area contributed by atoms with Crippen LogP contribution in [0.1, 0.15) is 25.5 Å². The molecule has 0 aliphatic heterocycles. The Labute approximate surface area is 218 Å². The Bertz CT molecular complexity index is 1470. The summed E-state index contributed by atoms with van der Waals surface area (Å²) in [5.41, 5.74) is -1.65. The summed E-state index contributed by atoms with van der Waals surface area (Å²) < 4.78 is 42.2. The minimum atomic E-state index is -4.95. The molecule has 4 rings (SSSR count). The number of hydrogen-bond acceptors (Lipinski definition) is 6. The van der Waals surface area contributed by atoms with Gasteiger partial charge < -0.3 is 10.2 Å². The lowest BCUT2D eigenvalue weighted by atomic mass is 10.1. The second-order valence-corrected chi connectivity index (χ2v) is 9.56. The van der Waals surface area contributed by atoms with Crippen LogP contribution in [-0.2, 0) is 18.7 Å². The molecule has 0 saturated heterocycles. The molecule has 9 nitrogen and oxygen atoms in total. The molecule has 1 atom stereocenters. The molecule has 2 N–H and O–H groups in total. The van der Waals surface area contributed by atoms with Crippen molar-refractivity contribution in [3.8, 4) is 17.1 Å². The van der Waals surface area contributed by atoms with Crippen LogP contribution in [0, 0.1) is 0 Å². The number of nitrogens with zero attached hydrogens (tertiary/aromatic N) is 6. The largest absolute Gasteiger partial charge is 0.416 e. The molecule has 196 valence electrons. The number of para-hydroxylation sites is 1. The highest BCUT2D eigenvalue weighted by atomic mass is 35.5. The van der Waals surface area contributed by atoms with Crippen molar-refractivity contribution < 1.29 is 23.4 Å². The van der Waals surface area contributed by atoms with Crippen LogP contribution in [0.2, 0.25) is 10.0 Å². The third-order valence-electron chi connectivity index (χ3n) is 5.33. The second kappa shape index (κ2) is 9.93. The van der Waals surface area contributed by atoms with Gasteiger partial charge in [-0.15, -0.1) is 10.2 Å². The number of hydrogen-bond donors (Lipinski definition) is 2. The summed E-state index contributed by atoms with van der Waals surface area (Å²) in [6.07, 6.45) is -7.75. The van der Waals surface area contributed by atoms with Gasteiger partial charge in [-0.25, -0.2) is 19.1 Å². The van der Waals surface area contributed by atoms with E-state index >= 15 is 0 Å². The van der Waals surface area contributed by atoms with Crippen molar-refractivity contribution in [3.63, 3.8) is 0 Å². The molecule has 1 unspecified atom stereocenters. The van der Waals surface area contributed by atoms with Crippen molar-refractivity contribution in [3.05, 3.63) is 80.7 Å². The van der Waals surface area contributed by atoms with Gasteiger partial charge in [-0.1, -0.05) is 35.3 Å². The first kappa shape index (κ1) is 26.9. The molecule has 2 aromatic carbocycles. The smallest absolute Gasteiger partial charge is 0.382 e. The first-order valence-electron chi connectivity index (χ1n) is 10.9. The van der Waals surface area contributed by atoms with E-state index in [4.69, 9.17) is 23.2 Å². The van der Waals surface area contributed by atoms with E-state index < -0.39 is 30.1 Å². The van der Waals surface area contributed by atoms with E-state index in [1.54, 1.807) is 24.3 Å². The third-order valence-corrected chi connectivity index (χ3v) is 5.90. The highest BCUT2D eigenvalue weighted by molar-refractivity contribution is 6.32. The normalized spacial score (nSPS) is 13.2. The minimum absolute atomic E-state index is 0.0443. The predicted octanol–water partition coefficient (Wildman–Crippen LogP) is 3.80. The second-order valence-electron chi connectivity index (χ2n) is 8.71. The van der Waals surface area contributed by atoms with E-state index in [1.807, 2.05) is 0 Å². The van der Waals surface area contributed by atoms with Gasteiger partial charge in [0.2, 0.25) is 0 Å². The first-order valence-corrected chi connectivity index (χ1v) is 11.6. The summed E-state index contributed by atoms with van der Waals surface area (Å²) in [7, 11) is 0. The SMILES string of the molecule is CC(C)(O)c1nc(Cn2nc(-c3ccc(Cl)cc3)n(CC(O)C(F)(F)F)c2=O)nn1-c1ccccc1Cl. The first-order chi connectivity index (χ1) is 17.3. The van der Waals surface area contributed by atoms with Crippen LogP contribution in [-0.4, -0.2) is 51.6 Å². The molecule has 2 heterocycles. The molecule has 0 aliphatic carbocycles. The van der Waals surface area contributed by atoms with E-state index in [0.29, 0.717) is 21.3 Å². The molecule has 4 aromatic rings. The standard InChI is InChI=1S/C23H21Cl2F3N6O3/c1-22(2,37)20-29-18(30-34(20)16-6-4-3-5-15(16)25)12-33-21(36)32(11-17(35)23(26,27)28)19(31-33)13-7-9-14(24)10-8-13/h3-10,17,35,37H,11-12H2,1-2H3. The van der Waals surface area contributed by atoms with Gasteiger partial charge in [0.05, 0.1) is 17.3 Å². The van der Waals surface area contributed by atoms with Gasteiger partial charge in [0.25, 0.3) is 0 Å². The zero-order chi connectivity index (χ0) is 27.1. The van der Waals surface area contributed by atoms with Gasteiger partial charge in [0, 0.05) is 10.6 Å². The average molecular weight is 557 g/mol. The van der Waals surface area contributed by atoms with E-state index in [9.17, 15) is 28.2 Å². The number of halogens is 5. The lowest BCUT2D eigenvalue weighted by molar-refractivity contribution is -0.207. The van der Waals surface area contributed by atoms with Gasteiger partial charge in [-0.05, 0) is 50.2 Å². The Morgan fingerprint density at radius 3 is 2.27 bits per heavy atom. The Morgan fingerprint density at radius 1 is 1.03 bits per heavy atom. The molecular weight excluding hydrogens is 536 g/mol. The topological polar surface area (TPSA) is 111 Å². The fourth-order valence-corrected chi connectivity index (χ4v) is 3.88. The number of alkyl halides is 3. The lowest BCUT2D eigenvalue weighted by Gasteiger charge is -2.17. The maximum Gasteiger partial charge on any atom is 0.416 e. The maximum absolute atomic E-state index is 13.1. The molecule has 2 aromatic heterocycles. The van der Waals surface area contributed by atoms with Crippen LogP contribution in [0.3, 0.4) is 0 Å². The fraction of sp³-hybridized carbons (Fsp3) is 0.304. The molecule has 0 bridgehead atoms. The average Bonchev–Trinajstić information content (AvgIpc) is 3.36. The van der Waals surface area contributed by atoms with E-state index in [0.717, 1.165) is 9.25 Å². The quantitative estimate of drug-likeness (QED) is 0.358. The summed E-state index contributed by atoms with van der Waals surface area (Å²) in [5, 5.41) is 29.6. The number of rotatable bonds is 7. The zero-order valence-electron chi connectivity index (χ0n) is 19.5. The summed E-state index contributed by atoms with van der Waals surface area (Å²) in [6.45, 7) is 1.57. The third kappa shape index (κ3) is 5.72. The number of aliphatic hydroxyl groups excluding tert-OH is 1. The minimum Gasteiger partial charge on any atom is -0.382 e. The van der Waals surface area contributed by atoms with Gasteiger partial charge in [-0.2, -0.15) is 13.2 Å². The van der Waals surface area contributed by atoms with Crippen LogP contribution in [0.25, 0.3) is 17.1 Å². The van der Waals surface area contributed by atoms with Crippen molar-refractivity contribution in [2.75, 3.05) is 0 Å². The molecule has 14 heteroatoms. The molecule has 0 radical (unpaired) electrons. The van der Waals surface area contributed by atoms with Crippen LogP contribution < -0.4 is 5.69 Å². The summed E-state index contributed by atoms with van der Waals surface area (Å²) in [4.78, 5) is 17.5. The van der Waals surface area contributed by atoms with Gasteiger partial charge >= 0.3 is 11.9 Å². The Hall–Kier alpha value is -3.19. The Balaban J connectivity index is 1.80. The number of aliphatic hydroxyl groups is 2. The lowest BCUT2D eigenvalue weighted by Crippen LogP contribution is -2.37. The molecule has 0 amide bonds. The van der Waals surface area contributed by atoms with Crippen molar-refractivity contribution >= 4 is 23.2 Å². The van der Waals surface area contributed by atoms with Crippen molar-refractivity contribution in [2.45, 2.75) is 44.8 Å². The van der Waals surface area contributed by atoms with E-state index in [1.165, 1.54) is 42.8 Å². The van der Waals surface area contributed by atoms with Gasteiger partial charge in [0.15, 0.2) is 23.6 Å². The summed E-state index contributed by atoms with van der Waals surface area (Å²) in [6, 6.07) is 12.7. The van der Waals surface area contributed by atoms with Crippen LogP contribution >= 0.6 is 23.2 Å². The van der Waals surface area contributed by atoms with Crippen LogP contribution in [0.15, 0.2) is 53.3 Å². The fourth-order valence-electron chi connectivity index (χ4n) is 3.54. The highest BCUT2D eigenvalue weighted by Crippen LogP contribution is 2.27. The predicted molar refractivity (Wildman–Crippen MR) is 130 cm³/mol. The molecule has 0 fully saturated rings. The molecule has 0 spiro atoms. The van der Waals surface area contributed by atoms with Crippen molar-refractivity contribution in [1.82, 2.24) is 29.1 Å². The Morgan fingerprint density at radius 2 is 1.68 bits per heavy atom. The Kier molecular flexibility index (Phi) is 7.21. The van der Waals surface area contributed by atoms with Crippen molar-refractivity contribution in [2.24, 2.45) is 0 Å². The maximum atomic E-state index is 13.1. The molecule has 0 saturated carbocycles. The van der Waals surface area contributed by atoms with Gasteiger partial charge in [0.1, 0.15) is 12.1 Å². The summed E-state index contributed by atoms with van der Waals surface area (Å²) in [5.74, 6) is 0.0505. The van der Waals surface area contributed by atoms with Crippen LogP contribution in [0.4, 0.5) is 13.2 Å². The number of aromatic nitrogens is 6. The highest BCUT2D eigenvalue weighted by Gasteiger charge is 2.39. The monoisotopic (exact) mass is 556 g/mol.